The normalized spacial score (nSPS) is 29.5. The molecule has 0 aromatic heterocycles. The fraction of sp³-hybridized carbons (Fsp3) is 1.00. The topological polar surface area (TPSA) is 21.3 Å². The smallest absolute Gasteiger partial charge is 0.0726 e. The first-order chi connectivity index (χ1) is 8.34. The highest BCUT2D eigenvalue weighted by molar-refractivity contribution is 4.84. The second-order valence-corrected chi connectivity index (χ2v) is 7.26. The van der Waals surface area contributed by atoms with Gasteiger partial charge in [-0.15, -0.1) is 0 Å². The van der Waals surface area contributed by atoms with Crippen LogP contribution in [-0.2, 0) is 4.74 Å². The quantitative estimate of drug-likeness (QED) is 0.778. The molecule has 3 unspecified atom stereocenters. The number of rotatable bonds is 6. The highest BCUT2D eigenvalue weighted by Gasteiger charge is 2.34. The average molecular weight is 255 g/mol. The van der Waals surface area contributed by atoms with Crippen molar-refractivity contribution in [2.24, 2.45) is 17.3 Å². The van der Waals surface area contributed by atoms with Crippen LogP contribution in [0, 0.1) is 17.3 Å². The number of likely N-dealkylation sites (N-methyl/N-ethyl adjacent to an activating group) is 1. The maximum Gasteiger partial charge on any atom is 0.0726 e. The van der Waals surface area contributed by atoms with Crippen LogP contribution < -0.4 is 5.32 Å². The van der Waals surface area contributed by atoms with Crippen molar-refractivity contribution in [3.63, 3.8) is 0 Å². The van der Waals surface area contributed by atoms with Gasteiger partial charge in [-0.25, -0.2) is 0 Å². The molecule has 0 heterocycles. The van der Waals surface area contributed by atoms with Gasteiger partial charge >= 0.3 is 0 Å². The number of ether oxygens (including phenoxy) is 1. The van der Waals surface area contributed by atoms with Crippen molar-refractivity contribution in [1.29, 1.82) is 0 Å². The molecule has 0 radical (unpaired) electrons. The fourth-order valence-electron chi connectivity index (χ4n) is 3.34. The third-order valence-electron chi connectivity index (χ3n) is 4.05. The van der Waals surface area contributed by atoms with Crippen LogP contribution >= 0.6 is 0 Å². The minimum Gasteiger partial charge on any atom is -0.373 e. The Morgan fingerprint density at radius 2 is 1.94 bits per heavy atom. The van der Waals surface area contributed by atoms with Crippen LogP contribution in [0.3, 0.4) is 0 Å². The van der Waals surface area contributed by atoms with Gasteiger partial charge in [-0.05, 0) is 43.1 Å². The summed E-state index contributed by atoms with van der Waals surface area (Å²) < 4.78 is 6.40. The molecule has 0 aromatic carbocycles. The average Bonchev–Trinajstić information content (AvgIpc) is 2.20. The zero-order chi connectivity index (χ0) is 13.8. The molecule has 0 saturated heterocycles. The summed E-state index contributed by atoms with van der Waals surface area (Å²) >= 11 is 0. The lowest BCUT2D eigenvalue weighted by molar-refractivity contribution is -0.0796. The molecule has 0 bridgehead atoms. The number of nitrogens with one attached hydrogen (secondary N) is 1. The Bertz CT molecular complexity index is 237. The largest absolute Gasteiger partial charge is 0.373 e. The lowest BCUT2D eigenvalue weighted by Crippen LogP contribution is -2.40. The van der Waals surface area contributed by atoms with Gasteiger partial charge in [0.05, 0.1) is 12.2 Å². The molecule has 0 aliphatic heterocycles. The Labute approximate surface area is 114 Å². The van der Waals surface area contributed by atoms with Crippen LogP contribution in [0.25, 0.3) is 0 Å². The third kappa shape index (κ3) is 5.27. The van der Waals surface area contributed by atoms with Crippen molar-refractivity contribution < 1.29 is 4.74 Å². The maximum absolute atomic E-state index is 6.40. The minimum absolute atomic E-state index is 0.357. The van der Waals surface area contributed by atoms with E-state index in [1.807, 2.05) is 0 Å². The van der Waals surface area contributed by atoms with Crippen molar-refractivity contribution in [3.05, 3.63) is 0 Å². The molecule has 1 aliphatic carbocycles. The highest BCUT2D eigenvalue weighted by Crippen LogP contribution is 2.40. The summed E-state index contributed by atoms with van der Waals surface area (Å²) in [6, 6.07) is 0. The summed E-state index contributed by atoms with van der Waals surface area (Å²) in [7, 11) is 0. The predicted octanol–water partition coefficient (Wildman–Crippen LogP) is 3.85. The Balaban J connectivity index is 2.52. The van der Waals surface area contributed by atoms with Crippen LogP contribution in [0.15, 0.2) is 0 Å². The van der Waals surface area contributed by atoms with E-state index in [0.717, 1.165) is 19.0 Å². The predicted molar refractivity (Wildman–Crippen MR) is 78.8 cm³/mol. The van der Waals surface area contributed by atoms with E-state index in [1.54, 1.807) is 0 Å². The number of hydrogen-bond donors (Lipinski definition) is 1. The first-order valence-electron chi connectivity index (χ1n) is 7.70. The van der Waals surface area contributed by atoms with E-state index < -0.39 is 0 Å². The number of hydrogen-bond acceptors (Lipinski definition) is 2. The Hall–Kier alpha value is -0.0800. The van der Waals surface area contributed by atoms with Crippen molar-refractivity contribution in [1.82, 2.24) is 5.32 Å². The van der Waals surface area contributed by atoms with Crippen LogP contribution in [-0.4, -0.2) is 25.3 Å². The summed E-state index contributed by atoms with van der Waals surface area (Å²) in [5.74, 6) is 1.38. The minimum atomic E-state index is 0.357. The van der Waals surface area contributed by atoms with E-state index in [1.165, 1.54) is 19.3 Å². The molecule has 0 aromatic rings. The van der Waals surface area contributed by atoms with Crippen molar-refractivity contribution in [2.75, 3.05) is 13.1 Å². The van der Waals surface area contributed by atoms with Gasteiger partial charge in [0.1, 0.15) is 0 Å². The second-order valence-electron chi connectivity index (χ2n) is 7.26. The summed E-state index contributed by atoms with van der Waals surface area (Å²) in [5.41, 5.74) is 0.446. The molecular formula is C16H33NO. The second kappa shape index (κ2) is 6.91. The lowest BCUT2D eigenvalue weighted by Gasteiger charge is -2.40. The van der Waals surface area contributed by atoms with Gasteiger partial charge in [0.2, 0.25) is 0 Å². The van der Waals surface area contributed by atoms with Crippen molar-refractivity contribution in [3.8, 4) is 0 Å². The zero-order valence-electron chi connectivity index (χ0n) is 13.3. The summed E-state index contributed by atoms with van der Waals surface area (Å²) in [5, 5.41) is 3.43. The van der Waals surface area contributed by atoms with Gasteiger partial charge in [0.25, 0.3) is 0 Å². The monoisotopic (exact) mass is 255 g/mol. The summed E-state index contributed by atoms with van der Waals surface area (Å²) in [4.78, 5) is 0. The van der Waals surface area contributed by atoms with Gasteiger partial charge in [-0.3, -0.25) is 0 Å². The van der Waals surface area contributed by atoms with E-state index >= 15 is 0 Å². The van der Waals surface area contributed by atoms with Gasteiger partial charge in [-0.1, -0.05) is 41.5 Å². The van der Waals surface area contributed by atoms with Crippen molar-refractivity contribution in [2.45, 2.75) is 73.0 Å². The molecule has 1 rings (SSSR count). The molecule has 108 valence electrons. The molecule has 1 aliphatic rings. The van der Waals surface area contributed by atoms with E-state index in [0.29, 0.717) is 23.5 Å². The highest BCUT2D eigenvalue weighted by atomic mass is 16.5. The van der Waals surface area contributed by atoms with Crippen LogP contribution in [0.2, 0.25) is 0 Å². The lowest BCUT2D eigenvalue weighted by atomic mass is 9.71. The van der Waals surface area contributed by atoms with Crippen LogP contribution in [0.4, 0.5) is 0 Å². The fourth-order valence-corrected chi connectivity index (χ4v) is 3.34. The van der Waals surface area contributed by atoms with Crippen LogP contribution in [0.5, 0.6) is 0 Å². The van der Waals surface area contributed by atoms with Gasteiger partial charge in [0.15, 0.2) is 0 Å². The Kier molecular flexibility index (Phi) is 6.13. The third-order valence-corrected chi connectivity index (χ3v) is 4.05. The zero-order valence-corrected chi connectivity index (χ0v) is 13.3. The summed E-state index contributed by atoms with van der Waals surface area (Å²) in [6.07, 6.45) is 4.60. The van der Waals surface area contributed by atoms with E-state index in [-0.39, 0.29) is 0 Å². The molecule has 0 amide bonds. The molecule has 1 fully saturated rings. The SMILES string of the molecule is CCNCC(OC1CC(C)CC(C)(C)C1)C(C)C. The summed E-state index contributed by atoms with van der Waals surface area (Å²) in [6.45, 7) is 15.8. The van der Waals surface area contributed by atoms with Gasteiger partial charge in [-0.2, -0.15) is 0 Å². The van der Waals surface area contributed by atoms with Gasteiger partial charge < -0.3 is 10.1 Å². The van der Waals surface area contributed by atoms with E-state index in [2.05, 4.69) is 46.9 Å². The first kappa shape index (κ1) is 16.0. The van der Waals surface area contributed by atoms with E-state index in [9.17, 15) is 0 Å². The molecular weight excluding hydrogens is 222 g/mol. The van der Waals surface area contributed by atoms with Crippen molar-refractivity contribution >= 4 is 0 Å². The maximum atomic E-state index is 6.40. The first-order valence-corrected chi connectivity index (χ1v) is 7.70. The van der Waals surface area contributed by atoms with E-state index in [4.69, 9.17) is 4.74 Å². The molecule has 1 N–H and O–H groups in total. The molecule has 2 nitrogen and oxygen atoms in total. The van der Waals surface area contributed by atoms with Gasteiger partial charge in [0, 0.05) is 6.54 Å². The molecule has 18 heavy (non-hydrogen) atoms. The molecule has 2 heteroatoms. The molecule has 1 saturated carbocycles. The molecule has 3 atom stereocenters. The Morgan fingerprint density at radius 1 is 1.28 bits per heavy atom. The molecule has 0 spiro atoms. The standard InChI is InChI=1S/C16H33NO/c1-7-17-11-15(12(2)3)18-14-8-13(4)9-16(5,6)10-14/h12-15,17H,7-11H2,1-6H3. The van der Waals surface area contributed by atoms with Crippen LogP contribution in [0.1, 0.15) is 60.8 Å². The Morgan fingerprint density at radius 3 is 2.44 bits per heavy atom.